The first-order valence-electron chi connectivity index (χ1n) is 12.0. The fourth-order valence-corrected chi connectivity index (χ4v) is 4.16. The van der Waals surface area contributed by atoms with Crippen LogP contribution in [-0.2, 0) is 19.1 Å². The molecule has 8 nitrogen and oxygen atoms in total. The van der Waals surface area contributed by atoms with Crippen LogP contribution in [0.2, 0.25) is 0 Å². The number of esters is 2. The molecule has 2 rings (SSSR count). The van der Waals surface area contributed by atoms with E-state index in [2.05, 4.69) is 28.8 Å². The van der Waals surface area contributed by atoms with E-state index in [1.54, 1.807) is 0 Å². The van der Waals surface area contributed by atoms with Crippen molar-refractivity contribution in [2.24, 2.45) is 0 Å². The number of carbonyl (C=O) groups is 2. The van der Waals surface area contributed by atoms with Crippen molar-refractivity contribution in [3.8, 4) is 5.88 Å². The summed E-state index contributed by atoms with van der Waals surface area (Å²) in [4.78, 5) is 24.0. The van der Waals surface area contributed by atoms with Crippen molar-refractivity contribution in [2.75, 3.05) is 33.5 Å². The van der Waals surface area contributed by atoms with Crippen molar-refractivity contribution >= 4 is 29.2 Å². The van der Waals surface area contributed by atoms with Gasteiger partial charge in [-0.05, 0) is 33.6 Å². The second kappa shape index (κ2) is 13.0. The summed E-state index contributed by atoms with van der Waals surface area (Å²) in [5, 5.41) is 0. The van der Waals surface area contributed by atoms with Crippen LogP contribution < -0.4 is 4.74 Å². The molecule has 0 radical (unpaired) electrons. The highest BCUT2D eigenvalue weighted by molar-refractivity contribution is 6.99. The van der Waals surface area contributed by atoms with Gasteiger partial charge in [0.05, 0.1) is 31.9 Å². The molecular weight excluding hydrogens is 442 g/mol. The SMILES string of the molecule is CCCCCCOc1nsnc1C1=CCC[N+](C)(COC(=O)CCCC(=O)OC(C)(C)C)C1. The number of likely N-dealkylation sites (N-methyl/N-ethyl adjacent to an activating group) is 1. The Balaban J connectivity index is 1.78. The number of carbonyl (C=O) groups excluding carboxylic acids is 2. The Hall–Kier alpha value is -2.00. The minimum Gasteiger partial charge on any atom is -0.475 e. The van der Waals surface area contributed by atoms with Gasteiger partial charge in [0.15, 0.2) is 0 Å². The second-order valence-electron chi connectivity index (χ2n) is 9.93. The maximum absolute atomic E-state index is 12.2. The average molecular weight is 483 g/mol. The van der Waals surface area contributed by atoms with Crippen LogP contribution in [0.25, 0.3) is 5.57 Å². The van der Waals surface area contributed by atoms with Crippen molar-refractivity contribution in [1.29, 1.82) is 0 Å². The lowest BCUT2D eigenvalue weighted by Crippen LogP contribution is -2.49. The molecule has 0 fully saturated rings. The maximum Gasteiger partial charge on any atom is 0.310 e. The van der Waals surface area contributed by atoms with Gasteiger partial charge in [-0.3, -0.25) is 14.1 Å². The van der Waals surface area contributed by atoms with Crippen LogP contribution in [-0.4, -0.2) is 64.2 Å². The molecule has 0 aromatic carbocycles. The van der Waals surface area contributed by atoms with Gasteiger partial charge in [0, 0.05) is 24.8 Å². The Morgan fingerprint density at radius 3 is 2.58 bits per heavy atom. The zero-order valence-corrected chi connectivity index (χ0v) is 21.7. The standard InChI is InChI=1S/C24H40N3O5S/c1-6-7-8-9-16-30-23-22(25-33-26-23)19-12-11-15-27(5,17-19)18-31-20(28)13-10-14-21(29)32-24(2,3)4/h12H,6-11,13-18H2,1-5H3/q+1. The largest absolute Gasteiger partial charge is 0.475 e. The number of hydrogen-bond acceptors (Lipinski definition) is 8. The number of nitrogens with zero attached hydrogens (tertiary/aromatic N) is 3. The molecule has 1 aliphatic heterocycles. The monoisotopic (exact) mass is 482 g/mol. The molecule has 9 heteroatoms. The third-order valence-electron chi connectivity index (χ3n) is 5.33. The Kier molecular flexibility index (Phi) is 10.8. The predicted molar refractivity (Wildman–Crippen MR) is 129 cm³/mol. The first-order valence-corrected chi connectivity index (χ1v) is 12.7. The van der Waals surface area contributed by atoms with Gasteiger partial charge in [-0.15, -0.1) is 4.37 Å². The summed E-state index contributed by atoms with van der Waals surface area (Å²) >= 11 is 1.17. The average Bonchev–Trinajstić information content (AvgIpc) is 3.19. The molecule has 1 aliphatic rings. The van der Waals surface area contributed by atoms with Gasteiger partial charge in [-0.25, -0.2) is 0 Å². The van der Waals surface area contributed by atoms with Gasteiger partial charge in [0.25, 0.3) is 5.88 Å². The van der Waals surface area contributed by atoms with E-state index in [0.717, 1.165) is 37.1 Å². The van der Waals surface area contributed by atoms with Crippen molar-refractivity contribution < 1.29 is 28.3 Å². The van der Waals surface area contributed by atoms with E-state index in [-0.39, 0.29) is 31.5 Å². The summed E-state index contributed by atoms with van der Waals surface area (Å²) < 4.78 is 26.1. The lowest BCUT2D eigenvalue weighted by molar-refractivity contribution is -0.919. The van der Waals surface area contributed by atoms with Crippen LogP contribution in [0.4, 0.5) is 0 Å². The molecule has 0 saturated carbocycles. The molecule has 0 spiro atoms. The molecule has 33 heavy (non-hydrogen) atoms. The zero-order valence-electron chi connectivity index (χ0n) is 20.9. The summed E-state index contributed by atoms with van der Waals surface area (Å²) in [6, 6.07) is 0. The summed E-state index contributed by atoms with van der Waals surface area (Å²) in [6.45, 7) is 10.2. The summed E-state index contributed by atoms with van der Waals surface area (Å²) in [5.41, 5.74) is 1.38. The first kappa shape index (κ1) is 27.2. The summed E-state index contributed by atoms with van der Waals surface area (Å²) in [7, 11) is 2.08. The Morgan fingerprint density at radius 1 is 1.09 bits per heavy atom. The van der Waals surface area contributed by atoms with Crippen LogP contribution in [0.1, 0.15) is 84.8 Å². The molecule has 0 bridgehead atoms. The number of quaternary nitrogens is 1. The van der Waals surface area contributed by atoms with Crippen molar-refractivity contribution in [1.82, 2.24) is 8.75 Å². The lowest BCUT2D eigenvalue weighted by atomic mass is 10.1. The van der Waals surface area contributed by atoms with Gasteiger partial charge in [0.1, 0.15) is 17.8 Å². The smallest absolute Gasteiger partial charge is 0.310 e. The molecule has 0 aliphatic carbocycles. The zero-order chi connectivity index (χ0) is 24.3. The molecule has 0 amide bonds. The summed E-state index contributed by atoms with van der Waals surface area (Å²) in [6.07, 6.45) is 8.47. The van der Waals surface area contributed by atoms with Crippen LogP contribution in [0.5, 0.6) is 5.88 Å². The van der Waals surface area contributed by atoms with Gasteiger partial charge in [-0.2, -0.15) is 4.37 Å². The Bertz CT molecular complexity index is 802. The second-order valence-corrected chi connectivity index (χ2v) is 10.5. The topological polar surface area (TPSA) is 87.6 Å². The van der Waals surface area contributed by atoms with Gasteiger partial charge in [-0.1, -0.05) is 32.3 Å². The summed E-state index contributed by atoms with van der Waals surface area (Å²) in [5.74, 6) is 0.0242. The van der Waals surface area contributed by atoms with Gasteiger partial charge in [0.2, 0.25) is 6.73 Å². The van der Waals surface area contributed by atoms with Crippen molar-refractivity contribution in [3.63, 3.8) is 0 Å². The normalized spacial score (nSPS) is 18.5. The molecule has 1 aromatic heterocycles. The van der Waals surface area contributed by atoms with Crippen molar-refractivity contribution in [2.45, 2.75) is 84.7 Å². The molecule has 1 aromatic rings. The van der Waals surface area contributed by atoms with Gasteiger partial charge >= 0.3 is 11.9 Å². The third kappa shape index (κ3) is 10.2. The van der Waals surface area contributed by atoms with E-state index in [9.17, 15) is 9.59 Å². The molecule has 0 saturated heterocycles. The van der Waals surface area contributed by atoms with Crippen molar-refractivity contribution in [3.05, 3.63) is 11.8 Å². The fourth-order valence-electron chi connectivity index (χ4n) is 3.63. The minimum absolute atomic E-state index is 0.202. The van der Waals surface area contributed by atoms with E-state index in [1.165, 1.54) is 24.6 Å². The van der Waals surface area contributed by atoms with E-state index in [0.29, 0.717) is 29.9 Å². The van der Waals surface area contributed by atoms with E-state index < -0.39 is 5.60 Å². The number of unbranched alkanes of at least 4 members (excludes halogenated alkanes) is 3. The molecule has 1 unspecified atom stereocenters. The van der Waals surface area contributed by atoms with Crippen LogP contribution in [0.15, 0.2) is 6.08 Å². The maximum atomic E-state index is 12.2. The molecule has 0 N–H and O–H groups in total. The van der Waals surface area contributed by atoms with Crippen LogP contribution >= 0.6 is 11.7 Å². The quantitative estimate of drug-likeness (QED) is 0.228. The van der Waals surface area contributed by atoms with Crippen LogP contribution in [0, 0.1) is 0 Å². The fraction of sp³-hybridized carbons (Fsp3) is 0.750. The molecule has 186 valence electrons. The van der Waals surface area contributed by atoms with E-state index in [4.69, 9.17) is 14.2 Å². The third-order valence-corrected chi connectivity index (χ3v) is 5.84. The van der Waals surface area contributed by atoms with E-state index in [1.807, 2.05) is 20.8 Å². The minimum atomic E-state index is -0.511. The highest BCUT2D eigenvalue weighted by Crippen LogP contribution is 2.30. The van der Waals surface area contributed by atoms with E-state index >= 15 is 0 Å². The molecular formula is C24H40N3O5S+. The Labute approximate surface area is 202 Å². The molecule has 1 atom stereocenters. The first-order chi connectivity index (χ1) is 15.6. The molecule has 2 heterocycles. The predicted octanol–water partition coefficient (Wildman–Crippen LogP) is 4.74. The number of rotatable bonds is 13. The van der Waals surface area contributed by atoms with Crippen LogP contribution in [0.3, 0.4) is 0 Å². The lowest BCUT2D eigenvalue weighted by Gasteiger charge is -2.36. The Morgan fingerprint density at radius 2 is 1.85 bits per heavy atom. The van der Waals surface area contributed by atoms with Gasteiger partial charge < -0.3 is 14.2 Å². The number of ether oxygens (including phenoxy) is 3. The highest BCUT2D eigenvalue weighted by atomic mass is 32.1. The number of aromatic nitrogens is 2. The highest BCUT2D eigenvalue weighted by Gasteiger charge is 2.31. The number of hydrogen-bond donors (Lipinski definition) is 0.